The van der Waals surface area contributed by atoms with Crippen LogP contribution in [-0.4, -0.2) is 26.7 Å². The van der Waals surface area contributed by atoms with Crippen LogP contribution in [0.2, 0.25) is 5.02 Å². The summed E-state index contributed by atoms with van der Waals surface area (Å²) in [7, 11) is 3.18. The van der Waals surface area contributed by atoms with Crippen LogP contribution in [0.15, 0.2) is 48.5 Å². The highest BCUT2D eigenvalue weighted by molar-refractivity contribution is 6.30. The van der Waals surface area contributed by atoms with Crippen LogP contribution in [0, 0.1) is 0 Å². The first kappa shape index (κ1) is 17.9. The van der Waals surface area contributed by atoms with Gasteiger partial charge in [-0.25, -0.2) is 0 Å². The van der Waals surface area contributed by atoms with Gasteiger partial charge in [-0.15, -0.1) is 0 Å². The molecule has 2 aromatic rings. The van der Waals surface area contributed by atoms with Crippen LogP contribution in [0.3, 0.4) is 0 Å². The average molecular weight is 346 g/mol. The van der Waals surface area contributed by atoms with E-state index < -0.39 is 0 Å². The summed E-state index contributed by atoms with van der Waals surface area (Å²) in [6.45, 7) is 0.560. The lowest BCUT2D eigenvalue weighted by molar-refractivity contribution is -0.116. The van der Waals surface area contributed by atoms with Crippen LogP contribution >= 0.6 is 11.6 Å². The molecule has 0 radical (unpaired) electrons. The largest absolute Gasteiger partial charge is 0.497 e. The molecule has 0 bridgehead atoms. The smallest absolute Gasteiger partial charge is 0.244 e. The maximum Gasteiger partial charge on any atom is 0.244 e. The third-order valence-corrected chi connectivity index (χ3v) is 3.73. The van der Waals surface area contributed by atoms with Gasteiger partial charge in [0.2, 0.25) is 5.91 Å². The summed E-state index contributed by atoms with van der Waals surface area (Å²) in [4.78, 5) is 11.9. The second kappa shape index (κ2) is 8.99. The molecule has 0 spiro atoms. The number of amides is 1. The molecule has 0 aromatic heterocycles. The van der Waals surface area contributed by atoms with Gasteiger partial charge in [0, 0.05) is 29.3 Å². The molecule has 1 N–H and O–H groups in total. The summed E-state index contributed by atoms with van der Waals surface area (Å²) in [6.07, 6.45) is 3.96. The molecule has 4 nitrogen and oxygen atoms in total. The molecule has 0 unspecified atom stereocenters. The fourth-order valence-electron chi connectivity index (χ4n) is 2.16. The van der Waals surface area contributed by atoms with Crippen molar-refractivity contribution in [1.82, 2.24) is 5.32 Å². The topological polar surface area (TPSA) is 47.6 Å². The standard InChI is InChI=1S/C19H20ClNO3/c1-23-17-9-5-15(18(13-17)24-2)6-10-19(22)21-12-11-14-3-7-16(20)8-4-14/h3-10,13H,11-12H2,1-2H3,(H,21,22)/b10-6+. The molecule has 0 atom stereocenters. The van der Waals surface area contributed by atoms with Gasteiger partial charge in [0.15, 0.2) is 0 Å². The van der Waals surface area contributed by atoms with Crippen LogP contribution in [0.5, 0.6) is 11.5 Å². The van der Waals surface area contributed by atoms with Crippen molar-refractivity contribution in [2.75, 3.05) is 20.8 Å². The van der Waals surface area contributed by atoms with Crippen molar-refractivity contribution >= 4 is 23.6 Å². The van der Waals surface area contributed by atoms with Crippen LogP contribution in [0.1, 0.15) is 11.1 Å². The molecule has 126 valence electrons. The van der Waals surface area contributed by atoms with E-state index in [1.807, 2.05) is 36.4 Å². The van der Waals surface area contributed by atoms with Crippen LogP contribution in [0.4, 0.5) is 0 Å². The van der Waals surface area contributed by atoms with Crippen molar-refractivity contribution in [2.45, 2.75) is 6.42 Å². The summed E-state index contributed by atoms with van der Waals surface area (Å²) in [5.74, 6) is 1.21. The van der Waals surface area contributed by atoms with Gasteiger partial charge < -0.3 is 14.8 Å². The predicted molar refractivity (Wildman–Crippen MR) is 96.7 cm³/mol. The molecule has 0 aliphatic heterocycles. The van der Waals surface area contributed by atoms with E-state index >= 15 is 0 Å². The Balaban J connectivity index is 1.87. The van der Waals surface area contributed by atoms with Crippen molar-refractivity contribution in [1.29, 1.82) is 0 Å². The summed E-state index contributed by atoms with van der Waals surface area (Å²) in [6, 6.07) is 13.0. The van der Waals surface area contributed by atoms with E-state index in [0.29, 0.717) is 23.1 Å². The van der Waals surface area contributed by atoms with Crippen molar-refractivity contribution in [2.24, 2.45) is 0 Å². The molecule has 0 aliphatic carbocycles. The number of carbonyl (C=O) groups is 1. The third kappa shape index (κ3) is 5.32. The lowest BCUT2D eigenvalue weighted by Gasteiger charge is -2.07. The minimum Gasteiger partial charge on any atom is -0.497 e. The Morgan fingerprint density at radius 1 is 1.12 bits per heavy atom. The van der Waals surface area contributed by atoms with E-state index in [-0.39, 0.29) is 5.91 Å². The van der Waals surface area contributed by atoms with Gasteiger partial charge in [0.05, 0.1) is 14.2 Å². The highest BCUT2D eigenvalue weighted by Crippen LogP contribution is 2.25. The number of methoxy groups -OCH3 is 2. The Labute approximate surface area is 147 Å². The number of nitrogens with one attached hydrogen (secondary N) is 1. The van der Waals surface area contributed by atoms with Crippen molar-refractivity contribution in [3.63, 3.8) is 0 Å². The van der Waals surface area contributed by atoms with E-state index in [4.69, 9.17) is 21.1 Å². The van der Waals surface area contributed by atoms with Crippen molar-refractivity contribution in [3.8, 4) is 11.5 Å². The SMILES string of the molecule is COc1ccc(/C=C/C(=O)NCCc2ccc(Cl)cc2)c(OC)c1. The molecule has 5 heteroatoms. The van der Waals surface area contributed by atoms with Gasteiger partial charge in [-0.05, 0) is 42.3 Å². The Kier molecular flexibility index (Phi) is 6.70. The highest BCUT2D eigenvalue weighted by Gasteiger charge is 2.03. The highest BCUT2D eigenvalue weighted by atomic mass is 35.5. The first-order valence-corrected chi connectivity index (χ1v) is 7.92. The van der Waals surface area contributed by atoms with Crippen LogP contribution in [0.25, 0.3) is 6.08 Å². The Morgan fingerprint density at radius 2 is 1.88 bits per heavy atom. The zero-order chi connectivity index (χ0) is 17.4. The summed E-state index contributed by atoms with van der Waals surface area (Å²) >= 11 is 5.84. The molecule has 0 saturated heterocycles. The van der Waals surface area contributed by atoms with Gasteiger partial charge >= 0.3 is 0 Å². The molecule has 0 heterocycles. The maximum atomic E-state index is 11.9. The Hall–Kier alpha value is -2.46. The first-order chi connectivity index (χ1) is 11.6. The fourth-order valence-corrected chi connectivity index (χ4v) is 2.29. The zero-order valence-electron chi connectivity index (χ0n) is 13.7. The lowest BCUT2D eigenvalue weighted by atomic mass is 10.1. The molecule has 2 rings (SSSR count). The molecular weight excluding hydrogens is 326 g/mol. The predicted octanol–water partition coefficient (Wildman–Crippen LogP) is 3.73. The Morgan fingerprint density at radius 3 is 2.54 bits per heavy atom. The molecular formula is C19H20ClNO3. The van der Waals surface area contributed by atoms with E-state index in [1.54, 1.807) is 26.4 Å². The summed E-state index contributed by atoms with van der Waals surface area (Å²) < 4.78 is 10.4. The van der Waals surface area contributed by atoms with E-state index in [0.717, 1.165) is 17.5 Å². The molecule has 1 amide bonds. The average Bonchev–Trinajstić information content (AvgIpc) is 2.61. The summed E-state index contributed by atoms with van der Waals surface area (Å²) in [5, 5.41) is 3.56. The van der Waals surface area contributed by atoms with Gasteiger partial charge in [0.1, 0.15) is 11.5 Å². The van der Waals surface area contributed by atoms with Gasteiger partial charge in [-0.3, -0.25) is 4.79 Å². The molecule has 0 fully saturated rings. The van der Waals surface area contributed by atoms with Crippen molar-refractivity contribution in [3.05, 3.63) is 64.7 Å². The van der Waals surface area contributed by atoms with Crippen LogP contribution < -0.4 is 14.8 Å². The number of carbonyl (C=O) groups excluding carboxylic acids is 1. The number of halogens is 1. The number of ether oxygens (including phenoxy) is 2. The maximum absolute atomic E-state index is 11.9. The normalized spacial score (nSPS) is 10.6. The van der Waals surface area contributed by atoms with E-state index in [1.165, 1.54) is 6.08 Å². The summed E-state index contributed by atoms with van der Waals surface area (Å²) in [5.41, 5.74) is 1.94. The number of rotatable bonds is 7. The third-order valence-electron chi connectivity index (χ3n) is 3.48. The second-order valence-electron chi connectivity index (χ2n) is 5.11. The van der Waals surface area contributed by atoms with Gasteiger partial charge in [-0.1, -0.05) is 23.7 Å². The van der Waals surface area contributed by atoms with Crippen LogP contribution in [-0.2, 0) is 11.2 Å². The minimum atomic E-state index is -0.151. The fraction of sp³-hybridized carbons (Fsp3) is 0.211. The lowest BCUT2D eigenvalue weighted by Crippen LogP contribution is -2.23. The van der Waals surface area contributed by atoms with Gasteiger partial charge in [0.25, 0.3) is 0 Å². The number of hydrogen-bond acceptors (Lipinski definition) is 3. The monoisotopic (exact) mass is 345 g/mol. The quantitative estimate of drug-likeness (QED) is 0.778. The Bertz CT molecular complexity index is 711. The second-order valence-corrected chi connectivity index (χ2v) is 5.55. The number of hydrogen-bond donors (Lipinski definition) is 1. The molecule has 0 saturated carbocycles. The zero-order valence-corrected chi connectivity index (χ0v) is 14.5. The molecule has 0 aliphatic rings. The van der Waals surface area contributed by atoms with Gasteiger partial charge in [-0.2, -0.15) is 0 Å². The molecule has 24 heavy (non-hydrogen) atoms. The number of benzene rings is 2. The first-order valence-electron chi connectivity index (χ1n) is 7.55. The van der Waals surface area contributed by atoms with E-state index in [9.17, 15) is 4.79 Å². The molecule has 2 aromatic carbocycles. The van der Waals surface area contributed by atoms with Crippen molar-refractivity contribution < 1.29 is 14.3 Å². The van der Waals surface area contributed by atoms with E-state index in [2.05, 4.69) is 5.32 Å². The minimum absolute atomic E-state index is 0.151.